The lowest BCUT2D eigenvalue weighted by atomic mass is 9.86. The van der Waals surface area contributed by atoms with Gasteiger partial charge >= 0.3 is 6.18 Å². The maximum absolute atomic E-state index is 13.5. The van der Waals surface area contributed by atoms with Crippen molar-refractivity contribution in [3.8, 4) is 5.75 Å². The van der Waals surface area contributed by atoms with Gasteiger partial charge in [-0.05, 0) is 118 Å². The van der Waals surface area contributed by atoms with Gasteiger partial charge in [-0.2, -0.15) is 13.2 Å². The number of likely N-dealkylation sites (tertiary alicyclic amines) is 1. The number of imide groups is 2. The van der Waals surface area contributed by atoms with Gasteiger partial charge in [-0.3, -0.25) is 44.4 Å². The number of nitrogens with one attached hydrogen (secondary N) is 2. The van der Waals surface area contributed by atoms with E-state index < -0.39 is 47.3 Å². The Morgan fingerprint density at radius 3 is 2.33 bits per heavy atom. The van der Waals surface area contributed by atoms with Gasteiger partial charge in [0.15, 0.2) is 0 Å². The number of carbonyl (C=O) groups excluding carboxylic acids is 5. The Balaban J connectivity index is 0.00000595. The van der Waals surface area contributed by atoms with E-state index >= 15 is 0 Å². The first-order valence-corrected chi connectivity index (χ1v) is 21.3. The summed E-state index contributed by atoms with van der Waals surface area (Å²) in [5, 5.41) is 5.03. The highest BCUT2D eigenvalue weighted by Crippen LogP contribution is 2.38. The number of imidazole rings is 1. The molecular formula is C46H53F3N6O8. The lowest BCUT2D eigenvalue weighted by molar-refractivity contribution is -0.138. The predicted octanol–water partition coefficient (Wildman–Crippen LogP) is 7.17. The van der Waals surface area contributed by atoms with Crippen LogP contribution in [0.25, 0.3) is 11.0 Å². The largest absolute Gasteiger partial charge is 0.491 e. The molecule has 3 aromatic carbocycles. The molecule has 5 amide bonds. The number of piperidine rings is 2. The Morgan fingerprint density at radius 1 is 0.825 bits per heavy atom. The van der Waals surface area contributed by atoms with Crippen LogP contribution in [0.4, 0.5) is 19.1 Å². The van der Waals surface area contributed by atoms with Gasteiger partial charge in [-0.25, -0.2) is 4.98 Å². The molecule has 2 saturated heterocycles. The number of benzene rings is 3. The average molecular weight is 875 g/mol. The fourth-order valence-corrected chi connectivity index (χ4v) is 8.88. The number of amides is 5. The first kappa shape index (κ1) is 45.4. The first-order valence-electron chi connectivity index (χ1n) is 21.3. The Kier molecular flexibility index (Phi) is 14.3. The first-order chi connectivity index (χ1) is 29.9. The summed E-state index contributed by atoms with van der Waals surface area (Å²) >= 11 is 0. The van der Waals surface area contributed by atoms with Crippen molar-refractivity contribution in [1.29, 1.82) is 0 Å². The third-order valence-corrected chi connectivity index (χ3v) is 12.1. The molecule has 0 spiro atoms. The zero-order valence-corrected chi connectivity index (χ0v) is 34.2. The van der Waals surface area contributed by atoms with E-state index in [4.69, 9.17) is 19.2 Å². The zero-order valence-electron chi connectivity index (χ0n) is 34.2. The summed E-state index contributed by atoms with van der Waals surface area (Å²) < 4.78 is 59.9. The molecule has 63 heavy (non-hydrogen) atoms. The molecule has 3 fully saturated rings. The molecule has 8 rings (SSSR count). The maximum Gasteiger partial charge on any atom is 0.416 e. The van der Waals surface area contributed by atoms with Crippen molar-refractivity contribution >= 4 is 46.5 Å². The third kappa shape index (κ3) is 10.4. The summed E-state index contributed by atoms with van der Waals surface area (Å²) in [7, 11) is 0. The minimum absolute atomic E-state index is 0. The van der Waals surface area contributed by atoms with Crippen LogP contribution in [0.5, 0.6) is 5.75 Å². The van der Waals surface area contributed by atoms with Crippen LogP contribution in [0.1, 0.15) is 113 Å². The van der Waals surface area contributed by atoms with Crippen molar-refractivity contribution in [3.05, 3.63) is 88.5 Å². The van der Waals surface area contributed by atoms with Crippen LogP contribution >= 0.6 is 0 Å². The summed E-state index contributed by atoms with van der Waals surface area (Å²) in [6.45, 7) is 4.61. The second-order valence-electron chi connectivity index (χ2n) is 16.4. The van der Waals surface area contributed by atoms with Crippen molar-refractivity contribution in [1.82, 2.24) is 24.7 Å². The van der Waals surface area contributed by atoms with Crippen molar-refractivity contribution in [2.24, 2.45) is 5.92 Å². The van der Waals surface area contributed by atoms with Crippen LogP contribution < -0.4 is 15.4 Å². The van der Waals surface area contributed by atoms with E-state index in [-0.39, 0.29) is 56.2 Å². The van der Waals surface area contributed by atoms with E-state index in [9.17, 15) is 37.1 Å². The van der Waals surface area contributed by atoms with Crippen LogP contribution in [-0.2, 0) is 31.8 Å². The molecule has 2 N–H and O–H groups in total. The molecule has 4 heterocycles. The molecule has 17 heteroatoms. The fourth-order valence-electron chi connectivity index (χ4n) is 8.88. The molecular weight excluding hydrogens is 822 g/mol. The Bertz CT molecular complexity index is 2340. The normalized spacial score (nSPS) is 20.7. The fraction of sp³-hybridized carbons (Fsp3) is 0.478. The lowest BCUT2D eigenvalue weighted by Crippen LogP contribution is -2.54. The number of ether oxygens (including phenoxy) is 3. The lowest BCUT2D eigenvalue weighted by Gasteiger charge is -2.30. The Hall–Kier alpha value is -5.65. The molecule has 1 aliphatic carbocycles. The van der Waals surface area contributed by atoms with Crippen LogP contribution in [-0.4, -0.2) is 101 Å². The Labute approximate surface area is 363 Å². The summed E-state index contributed by atoms with van der Waals surface area (Å²) in [4.78, 5) is 71.5. The quantitative estimate of drug-likeness (QED) is 0.0926. The monoisotopic (exact) mass is 874 g/mol. The molecule has 0 radical (unpaired) electrons. The molecule has 1 saturated carbocycles. The number of alkyl halides is 3. The van der Waals surface area contributed by atoms with Gasteiger partial charge in [0.2, 0.25) is 17.8 Å². The van der Waals surface area contributed by atoms with E-state index in [1.165, 1.54) is 43.5 Å². The van der Waals surface area contributed by atoms with Gasteiger partial charge in [0, 0.05) is 31.2 Å². The van der Waals surface area contributed by atoms with Crippen LogP contribution in [0.2, 0.25) is 0 Å². The van der Waals surface area contributed by atoms with Gasteiger partial charge in [0.05, 0.1) is 47.5 Å². The van der Waals surface area contributed by atoms with E-state index in [1.54, 1.807) is 6.07 Å². The van der Waals surface area contributed by atoms with Crippen molar-refractivity contribution in [2.45, 2.75) is 90.0 Å². The molecule has 1 unspecified atom stereocenters. The highest BCUT2D eigenvalue weighted by Gasteiger charge is 2.44. The summed E-state index contributed by atoms with van der Waals surface area (Å²) in [5.41, 5.74) is 2.03. The third-order valence-electron chi connectivity index (χ3n) is 12.1. The number of hydrogen-bond donors (Lipinski definition) is 2. The molecule has 1 atom stereocenters. The number of nitrogens with zero attached hydrogens (tertiary/aromatic N) is 4. The molecule has 0 bridgehead atoms. The molecule has 4 aromatic rings. The van der Waals surface area contributed by atoms with Gasteiger partial charge in [-0.15, -0.1) is 0 Å². The zero-order chi connectivity index (χ0) is 43.4. The van der Waals surface area contributed by atoms with Gasteiger partial charge in [-0.1, -0.05) is 26.0 Å². The molecule has 14 nitrogen and oxygen atoms in total. The van der Waals surface area contributed by atoms with E-state index in [0.29, 0.717) is 37.4 Å². The van der Waals surface area contributed by atoms with Crippen molar-refractivity contribution in [3.63, 3.8) is 0 Å². The number of fused-ring (bicyclic) bond motifs is 2. The predicted molar refractivity (Wildman–Crippen MR) is 226 cm³/mol. The summed E-state index contributed by atoms with van der Waals surface area (Å²) in [5.74, 6) is -1.96. The Morgan fingerprint density at radius 2 is 1.57 bits per heavy atom. The smallest absolute Gasteiger partial charge is 0.416 e. The van der Waals surface area contributed by atoms with Gasteiger partial charge < -0.3 is 18.8 Å². The SMILES string of the molecule is C.O=C1CCC(N2C(=O)c3ccc(OCCOCCOCC4CCC(n5c(NC(=O)c6cccc(C(F)(F)F)c6)nc6cc(CN7CCCCC7)ccc65)CC4)cc3C2=O)C(=O)N1. The number of hydrogen-bond acceptors (Lipinski definition) is 10. The van der Waals surface area contributed by atoms with Crippen LogP contribution in [0.3, 0.4) is 0 Å². The number of carbonyl (C=O) groups is 5. The van der Waals surface area contributed by atoms with E-state index in [2.05, 4.69) is 21.6 Å². The van der Waals surface area contributed by atoms with Crippen molar-refractivity contribution < 1.29 is 51.4 Å². The average Bonchev–Trinajstić information content (AvgIpc) is 3.74. The topological polar surface area (TPSA) is 161 Å². The van der Waals surface area contributed by atoms with Crippen LogP contribution in [0, 0.1) is 5.92 Å². The standard InChI is InChI=1S/C45H49F3N6O8.CH4/c46-45(47,48)31-6-4-5-30(24-31)40(56)51-44-49-36-23-29(26-52-17-2-1-3-18-52)9-14-37(36)53(44)32-10-7-28(8-11-32)27-61-20-19-60-21-22-62-33-12-13-34-35(25-33)43(59)54(42(34)58)38-15-16-39(55)50-41(38)57;/h4-6,9,12-14,23-25,28,32,38H,1-3,7-8,10-11,15-22,26-27H2,(H,49,51,56)(H,50,55,57);1H4. The highest BCUT2D eigenvalue weighted by atomic mass is 19.4. The van der Waals surface area contributed by atoms with E-state index in [1.807, 2.05) is 16.7 Å². The number of anilines is 1. The molecule has 1 aromatic heterocycles. The second-order valence-corrected chi connectivity index (χ2v) is 16.4. The van der Waals surface area contributed by atoms with Crippen LogP contribution in [0.15, 0.2) is 60.7 Å². The number of rotatable bonds is 15. The summed E-state index contributed by atoms with van der Waals surface area (Å²) in [6, 6.07) is 14.1. The van der Waals surface area contributed by atoms with Gasteiger partial charge in [0.25, 0.3) is 17.7 Å². The van der Waals surface area contributed by atoms with Gasteiger partial charge in [0.1, 0.15) is 18.4 Å². The molecule has 3 aliphatic heterocycles. The maximum atomic E-state index is 13.5. The number of halogens is 3. The molecule has 336 valence electrons. The summed E-state index contributed by atoms with van der Waals surface area (Å²) in [6.07, 6.45) is 2.46. The van der Waals surface area contributed by atoms with E-state index in [0.717, 1.165) is 78.9 Å². The minimum Gasteiger partial charge on any atom is -0.491 e. The second kappa shape index (κ2) is 19.8. The minimum atomic E-state index is -4.58. The van der Waals surface area contributed by atoms with Crippen molar-refractivity contribution in [2.75, 3.05) is 51.4 Å². The number of aromatic nitrogens is 2. The molecule has 4 aliphatic rings. The highest BCUT2D eigenvalue weighted by molar-refractivity contribution is 6.23.